The second-order valence-corrected chi connectivity index (χ2v) is 7.51. The summed E-state index contributed by atoms with van der Waals surface area (Å²) in [7, 11) is 2.10. The Bertz CT molecular complexity index is 1120. The van der Waals surface area contributed by atoms with Crippen LogP contribution in [0.3, 0.4) is 0 Å². The van der Waals surface area contributed by atoms with Crippen molar-refractivity contribution in [1.29, 1.82) is 0 Å². The Morgan fingerprint density at radius 2 is 2.00 bits per heavy atom. The van der Waals surface area contributed by atoms with Crippen molar-refractivity contribution in [3.8, 4) is 0 Å². The number of nitrogens with zero attached hydrogens (tertiary/aromatic N) is 3. The van der Waals surface area contributed by atoms with Gasteiger partial charge < -0.3 is 15.0 Å². The zero-order chi connectivity index (χ0) is 24.0. The van der Waals surface area contributed by atoms with Gasteiger partial charge in [0.05, 0.1) is 6.04 Å². The van der Waals surface area contributed by atoms with E-state index in [0.717, 1.165) is 42.2 Å². The summed E-state index contributed by atoms with van der Waals surface area (Å²) in [6.45, 7) is 2.29. The van der Waals surface area contributed by atoms with Crippen molar-refractivity contribution in [2.45, 2.75) is 31.7 Å². The van der Waals surface area contributed by atoms with Crippen LogP contribution in [0.4, 0.5) is 13.2 Å². The Morgan fingerprint density at radius 3 is 2.61 bits per heavy atom. The molecule has 0 bridgehead atoms. The molecule has 176 valence electrons. The molecule has 1 unspecified atom stereocenters. The number of hydrogen-bond donors (Lipinski definition) is 4. The Balaban J connectivity index is 0.000000383. The van der Waals surface area contributed by atoms with Crippen molar-refractivity contribution in [3.63, 3.8) is 0 Å². The lowest BCUT2D eigenvalue weighted by atomic mass is 10.0. The number of carboxylic acids is 1. The maximum atomic E-state index is 12.5. The minimum Gasteiger partial charge on any atom is -0.475 e. The lowest BCUT2D eigenvalue weighted by Crippen LogP contribution is -2.32. The average Bonchev–Trinajstić information content (AvgIpc) is 3.29. The van der Waals surface area contributed by atoms with E-state index in [1.165, 1.54) is 11.9 Å². The lowest BCUT2D eigenvalue weighted by molar-refractivity contribution is -0.192. The average molecular weight is 464 g/mol. The molecule has 2 aromatic heterocycles. The van der Waals surface area contributed by atoms with Crippen LogP contribution in [0.5, 0.6) is 0 Å². The molecule has 0 aliphatic carbocycles. The van der Waals surface area contributed by atoms with Crippen molar-refractivity contribution in [1.82, 2.24) is 30.4 Å². The van der Waals surface area contributed by atoms with Gasteiger partial charge in [0, 0.05) is 37.3 Å². The van der Waals surface area contributed by atoms with Gasteiger partial charge >= 0.3 is 12.1 Å². The Labute approximate surface area is 186 Å². The van der Waals surface area contributed by atoms with Gasteiger partial charge in [-0.2, -0.15) is 18.3 Å². The molecular weight excluding hydrogens is 441 g/mol. The summed E-state index contributed by atoms with van der Waals surface area (Å²) in [4.78, 5) is 31.0. The van der Waals surface area contributed by atoms with Crippen LogP contribution in [0.1, 0.15) is 34.3 Å². The Kier molecular flexibility index (Phi) is 7.61. The molecule has 4 rings (SSSR count). The number of H-pyrrole nitrogens is 2. The highest BCUT2D eigenvalue weighted by Crippen LogP contribution is 2.20. The molecule has 9 nitrogen and oxygen atoms in total. The number of nitrogens with one attached hydrogen (secondary N) is 3. The third-order valence-electron chi connectivity index (χ3n) is 5.06. The van der Waals surface area contributed by atoms with Crippen LogP contribution in [-0.4, -0.2) is 55.9 Å². The number of carboxylic acid groups (broad SMARTS) is 1. The molecule has 1 aromatic carbocycles. The minimum atomic E-state index is -5.08. The smallest absolute Gasteiger partial charge is 0.475 e. The fraction of sp³-hybridized carbons (Fsp3) is 0.333. The van der Waals surface area contributed by atoms with Crippen molar-refractivity contribution in [2.24, 2.45) is 0 Å². The van der Waals surface area contributed by atoms with Gasteiger partial charge in [-0.05, 0) is 24.2 Å². The predicted molar refractivity (Wildman–Crippen MR) is 112 cm³/mol. The van der Waals surface area contributed by atoms with Crippen LogP contribution < -0.4 is 10.9 Å². The van der Waals surface area contributed by atoms with Crippen LogP contribution in [0.2, 0.25) is 0 Å². The minimum absolute atomic E-state index is 0.0230. The second kappa shape index (κ2) is 10.4. The summed E-state index contributed by atoms with van der Waals surface area (Å²) in [5, 5.41) is 17.5. The maximum absolute atomic E-state index is 12.5. The molecule has 0 fully saturated rings. The number of pyridine rings is 1. The highest BCUT2D eigenvalue weighted by Gasteiger charge is 2.38. The molecule has 0 spiro atoms. The van der Waals surface area contributed by atoms with E-state index in [2.05, 4.69) is 37.4 Å². The first-order valence-corrected chi connectivity index (χ1v) is 10.0. The summed E-state index contributed by atoms with van der Waals surface area (Å²) < 4.78 is 31.7. The molecule has 3 aromatic rings. The number of aromatic nitrogens is 4. The standard InChI is InChI=1S/C19H22N6O.C2HF3O2/c1-25-8-7-16-15(11-25)9-14(19(26)23-16)10-20-17(18-21-12-22-24-18)13-5-3-2-4-6-13;3-2(4,5)1(6)7/h2-6,9,12,17,20H,7-8,10-11H2,1H3,(H,23,26)(H,21,22,24);(H,6,7). The number of aromatic amines is 2. The summed E-state index contributed by atoms with van der Waals surface area (Å²) in [6.07, 6.45) is -2.70. The van der Waals surface area contributed by atoms with Crippen LogP contribution in [0.25, 0.3) is 0 Å². The molecule has 3 heterocycles. The van der Waals surface area contributed by atoms with Gasteiger partial charge in [-0.3, -0.25) is 15.2 Å². The van der Waals surface area contributed by atoms with Gasteiger partial charge in [0.15, 0.2) is 0 Å². The first-order chi connectivity index (χ1) is 15.6. The first kappa shape index (κ1) is 24.1. The second-order valence-electron chi connectivity index (χ2n) is 7.51. The highest BCUT2D eigenvalue weighted by molar-refractivity contribution is 5.73. The summed E-state index contributed by atoms with van der Waals surface area (Å²) in [6, 6.07) is 11.9. The van der Waals surface area contributed by atoms with Gasteiger partial charge in [-0.15, -0.1) is 0 Å². The van der Waals surface area contributed by atoms with E-state index in [1.54, 1.807) is 0 Å². The Hall–Kier alpha value is -3.51. The van der Waals surface area contributed by atoms with Gasteiger partial charge in [-0.1, -0.05) is 30.3 Å². The van der Waals surface area contributed by atoms with Crippen molar-refractivity contribution in [3.05, 3.63) is 81.3 Å². The predicted octanol–water partition coefficient (Wildman–Crippen LogP) is 1.99. The lowest BCUT2D eigenvalue weighted by Gasteiger charge is -2.25. The molecular formula is C21H23F3N6O3. The van der Waals surface area contributed by atoms with Gasteiger partial charge in [0.2, 0.25) is 0 Å². The topological polar surface area (TPSA) is 127 Å². The zero-order valence-corrected chi connectivity index (χ0v) is 17.7. The number of benzene rings is 1. The van der Waals surface area contributed by atoms with Crippen LogP contribution in [0.15, 0.2) is 47.5 Å². The molecule has 0 saturated carbocycles. The number of rotatable bonds is 5. The van der Waals surface area contributed by atoms with E-state index in [9.17, 15) is 18.0 Å². The summed E-state index contributed by atoms with van der Waals surface area (Å²) >= 11 is 0. The van der Waals surface area contributed by atoms with Crippen molar-refractivity contribution < 1.29 is 23.1 Å². The van der Waals surface area contributed by atoms with Crippen molar-refractivity contribution >= 4 is 5.97 Å². The molecule has 33 heavy (non-hydrogen) atoms. The molecule has 0 amide bonds. The van der Waals surface area contributed by atoms with E-state index in [0.29, 0.717) is 6.54 Å². The number of aliphatic carboxylic acids is 1. The normalized spacial score (nSPS) is 14.7. The molecule has 12 heteroatoms. The number of carbonyl (C=O) groups is 1. The molecule has 1 aliphatic heterocycles. The molecule has 1 atom stereocenters. The fourth-order valence-electron chi connectivity index (χ4n) is 3.41. The van der Waals surface area contributed by atoms with Gasteiger partial charge in [0.1, 0.15) is 12.2 Å². The molecule has 1 aliphatic rings. The van der Waals surface area contributed by atoms with E-state index in [1.807, 2.05) is 36.4 Å². The summed E-state index contributed by atoms with van der Waals surface area (Å²) in [5.41, 5.74) is 4.04. The van der Waals surface area contributed by atoms with E-state index in [4.69, 9.17) is 9.90 Å². The van der Waals surface area contributed by atoms with Crippen molar-refractivity contribution in [2.75, 3.05) is 13.6 Å². The van der Waals surface area contributed by atoms with Gasteiger partial charge in [0.25, 0.3) is 5.56 Å². The number of hydrogen-bond acceptors (Lipinski definition) is 6. The van der Waals surface area contributed by atoms with Crippen LogP contribution >= 0.6 is 0 Å². The first-order valence-electron chi connectivity index (χ1n) is 10.0. The summed E-state index contributed by atoms with van der Waals surface area (Å²) in [5.74, 6) is -2.03. The monoisotopic (exact) mass is 464 g/mol. The highest BCUT2D eigenvalue weighted by atomic mass is 19.4. The van der Waals surface area contributed by atoms with E-state index >= 15 is 0 Å². The number of alkyl halides is 3. The zero-order valence-electron chi connectivity index (χ0n) is 17.7. The molecule has 0 saturated heterocycles. The van der Waals surface area contributed by atoms with Crippen LogP contribution in [-0.2, 0) is 24.3 Å². The SMILES string of the molecule is CN1CCc2[nH]c(=O)c(CNC(c3ccccc3)c3ncn[nH]3)cc2C1.O=C(O)C(F)(F)F. The van der Waals surface area contributed by atoms with E-state index in [-0.39, 0.29) is 11.6 Å². The van der Waals surface area contributed by atoms with E-state index < -0.39 is 12.1 Å². The number of fused-ring (bicyclic) bond motifs is 1. The quantitative estimate of drug-likeness (QED) is 0.455. The molecule has 4 N–H and O–H groups in total. The Morgan fingerprint density at radius 1 is 1.30 bits per heavy atom. The number of likely N-dealkylation sites (N-methyl/N-ethyl adjacent to an activating group) is 1. The molecule has 0 radical (unpaired) electrons. The third-order valence-corrected chi connectivity index (χ3v) is 5.06. The third kappa shape index (κ3) is 6.49. The largest absolute Gasteiger partial charge is 0.490 e. The van der Waals surface area contributed by atoms with Crippen LogP contribution in [0, 0.1) is 0 Å². The number of halogens is 3. The maximum Gasteiger partial charge on any atom is 0.490 e. The fourth-order valence-corrected chi connectivity index (χ4v) is 3.41. The van der Waals surface area contributed by atoms with Gasteiger partial charge in [-0.25, -0.2) is 9.78 Å².